The van der Waals surface area contributed by atoms with Crippen molar-refractivity contribution in [3.8, 4) is 0 Å². The molecule has 5 nitrogen and oxygen atoms in total. The van der Waals surface area contributed by atoms with Gasteiger partial charge in [0.15, 0.2) is 0 Å². The van der Waals surface area contributed by atoms with E-state index >= 15 is 0 Å². The molecule has 5 heteroatoms. The summed E-state index contributed by atoms with van der Waals surface area (Å²) in [5, 5.41) is 32.9. The molecule has 0 saturated heterocycles. The highest BCUT2D eigenvalue weighted by Crippen LogP contribution is 2.14. The number of aliphatic hydroxyl groups is 3. The first kappa shape index (κ1) is 37.1. The van der Waals surface area contributed by atoms with E-state index in [2.05, 4.69) is 19.2 Å². The normalized spacial score (nSPS) is 14.1. The van der Waals surface area contributed by atoms with Crippen molar-refractivity contribution >= 4 is 5.91 Å². The van der Waals surface area contributed by atoms with Gasteiger partial charge in [0.05, 0.1) is 31.3 Å². The van der Waals surface area contributed by atoms with Gasteiger partial charge in [-0.1, -0.05) is 154 Å². The second-order valence-corrected chi connectivity index (χ2v) is 11.4. The standard InChI is InChI=1S/C33H65NO4/c1-3-5-7-9-11-13-15-17-18-20-22-24-26-30(36)28-33(38)34-31(29-35)32(37)27-25-23-21-19-16-14-12-10-8-6-4-2/h25,27,30-32,35-37H,3-24,26,28-29H2,1-2H3,(H,34,38)/b27-25+. The maximum atomic E-state index is 12.3. The Morgan fingerprint density at radius 1 is 0.658 bits per heavy atom. The molecule has 0 aromatic carbocycles. The first-order chi connectivity index (χ1) is 18.5. The number of hydrogen-bond acceptors (Lipinski definition) is 4. The Balaban J connectivity index is 3.78. The molecule has 0 aliphatic carbocycles. The van der Waals surface area contributed by atoms with Crippen molar-refractivity contribution in [3.63, 3.8) is 0 Å². The van der Waals surface area contributed by atoms with E-state index in [1.807, 2.05) is 6.08 Å². The molecule has 0 aromatic heterocycles. The monoisotopic (exact) mass is 539 g/mol. The lowest BCUT2D eigenvalue weighted by molar-refractivity contribution is -0.124. The SMILES string of the molecule is CCCCCCCCCCC/C=C/C(O)C(CO)NC(=O)CC(O)CCCCCCCCCCCCCC. The van der Waals surface area contributed by atoms with Crippen LogP contribution in [0.25, 0.3) is 0 Å². The van der Waals surface area contributed by atoms with E-state index in [-0.39, 0.29) is 18.9 Å². The number of amides is 1. The third-order valence-corrected chi connectivity index (χ3v) is 7.57. The summed E-state index contributed by atoms with van der Waals surface area (Å²) in [7, 11) is 0. The Kier molecular flexibility index (Phi) is 28.4. The van der Waals surface area contributed by atoms with E-state index in [0.717, 1.165) is 25.7 Å². The molecular formula is C33H65NO4. The Hall–Kier alpha value is -0.910. The summed E-state index contributed by atoms with van der Waals surface area (Å²) in [6.07, 6.45) is 30.4. The van der Waals surface area contributed by atoms with Gasteiger partial charge >= 0.3 is 0 Å². The van der Waals surface area contributed by atoms with E-state index in [0.29, 0.717) is 6.42 Å². The van der Waals surface area contributed by atoms with Gasteiger partial charge in [-0.3, -0.25) is 4.79 Å². The first-order valence-electron chi connectivity index (χ1n) is 16.5. The van der Waals surface area contributed by atoms with Gasteiger partial charge in [0.25, 0.3) is 0 Å². The maximum Gasteiger partial charge on any atom is 0.222 e. The number of rotatable bonds is 29. The van der Waals surface area contributed by atoms with Crippen molar-refractivity contribution in [3.05, 3.63) is 12.2 Å². The van der Waals surface area contributed by atoms with Crippen LogP contribution in [0.2, 0.25) is 0 Å². The third kappa shape index (κ3) is 25.4. The second kappa shape index (κ2) is 29.1. The highest BCUT2D eigenvalue weighted by Gasteiger charge is 2.20. The lowest BCUT2D eigenvalue weighted by Gasteiger charge is -2.21. The van der Waals surface area contributed by atoms with Crippen LogP contribution >= 0.6 is 0 Å². The van der Waals surface area contributed by atoms with Crippen LogP contribution in [0, 0.1) is 0 Å². The minimum absolute atomic E-state index is 0.0173. The van der Waals surface area contributed by atoms with Crippen LogP contribution in [0.15, 0.2) is 12.2 Å². The third-order valence-electron chi connectivity index (χ3n) is 7.57. The van der Waals surface area contributed by atoms with Crippen molar-refractivity contribution < 1.29 is 20.1 Å². The van der Waals surface area contributed by atoms with Crippen molar-refractivity contribution in [1.29, 1.82) is 0 Å². The fourth-order valence-electron chi connectivity index (χ4n) is 4.98. The summed E-state index contributed by atoms with van der Waals surface area (Å²) in [6.45, 7) is 4.17. The van der Waals surface area contributed by atoms with Crippen LogP contribution in [0.3, 0.4) is 0 Å². The molecule has 0 aliphatic heterocycles. The van der Waals surface area contributed by atoms with Gasteiger partial charge in [0.1, 0.15) is 0 Å². The predicted molar refractivity (Wildman–Crippen MR) is 162 cm³/mol. The topological polar surface area (TPSA) is 89.8 Å². The number of unbranched alkanes of at least 4 members (excludes halogenated alkanes) is 20. The number of nitrogens with one attached hydrogen (secondary N) is 1. The molecule has 0 aromatic rings. The highest BCUT2D eigenvalue weighted by atomic mass is 16.3. The molecule has 0 spiro atoms. The van der Waals surface area contributed by atoms with Crippen LogP contribution in [0.1, 0.15) is 168 Å². The Morgan fingerprint density at radius 3 is 1.53 bits per heavy atom. The predicted octanol–water partition coefficient (Wildman–Crippen LogP) is 8.14. The Bertz CT molecular complexity index is 525. The van der Waals surface area contributed by atoms with Gasteiger partial charge in [-0.15, -0.1) is 0 Å². The quantitative estimate of drug-likeness (QED) is 0.0570. The molecule has 0 saturated carbocycles. The summed E-state index contributed by atoms with van der Waals surface area (Å²) >= 11 is 0. The molecule has 0 fully saturated rings. The van der Waals surface area contributed by atoms with Gasteiger partial charge in [-0.2, -0.15) is 0 Å². The number of carbonyl (C=O) groups is 1. The zero-order chi connectivity index (χ0) is 28.1. The minimum atomic E-state index is -0.920. The van der Waals surface area contributed by atoms with Crippen LogP contribution in [-0.4, -0.2) is 46.1 Å². The molecule has 0 bridgehead atoms. The summed E-state index contributed by atoms with van der Waals surface area (Å²) in [4.78, 5) is 12.3. The fourth-order valence-corrected chi connectivity index (χ4v) is 4.98. The molecule has 226 valence electrons. The first-order valence-corrected chi connectivity index (χ1v) is 16.5. The van der Waals surface area contributed by atoms with E-state index in [4.69, 9.17) is 0 Å². The lowest BCUT2D eigenvalue weighted by atomic mass is 10.0. The number of carbonyl (C=O) groups excluding carboxylic acids is 1. The molecule has 1 amide bonds. The molecule has 0 heterocycles. The van der Waals surface area contributed by atoms with E-state index < -0.39 is 18.2 Å². The van der Waals surface area contributed by atoms with Gasteiger partial charge in [-0.05, 0) is 19.3 Å². The smallest absolute Gasteiger partial charge is 0.222 e. The molecule has 38 heavy (non-hydrogen) atoms. The van der Waals surface area contributed by atoms with E-state index in [1.54, 1.807) is 6.08 Å². The van der Waals surface area contributed by atoms with Crippen molar-refractivity contribution in [1.82, 2.24) is 5.32 Å². The van der Waals surface area contributed by atoms with Crippen molar-refractivity contribution in [2.24, 2.45) is 0 Å². The summed E-state index contributed by atoms with van der Waals surface area (Å²) in [5.41, 5.74) is 0. The number of hydrogen-bond donors (Lipinski definition) is 4. The summed E-state index contributed by atoms with van der Waals surface area (Å²) < 4.78 is 0. The second-order valence-electron chi connectivity index (χ2n) is 11.4. The van der Waals surface area contributed by atoms with Gasteiger partial charge in [-0.25, -0.2) is 0 Å². The Morgan fingerprint density at radius 2 is 1.08 bits per heavy atom. The molecular weight excluding hydrogens is 474 g/mol. The average Bonchev–Trinajstić information content (AvgIpc) is 2.90. The highest BCUT2D eigenvalue weighted by molar-refractivity contribution is 5.76. The largest absolute Gasteiger partial charge is 0.394 e. The minimum Gasteiger partial charge on any atom is -0.394 e. The zero-order valence-corrected chi connectivity index (χ0v) is 25.3. The van der Waals surface area contributed by atoms with E-state index in [9.17, 15) is 20.1 Å². The molecule has 0 radical (unpaired) electrons. The van der Waals surface area contributed by atoms with Crippen molar-refractivity contribution in [2.75, 3.05) is 6.61 Å². The van der Waals surface area contributed by atoms with Gasteiger partial charge < -0.3 is 20.6 Å². The zero-order valence-electron chi connectivity index (χ0n) is 25.3. The van der Waals surface area contributed by atoms with Crippen LogP contribution in [0.5, 0.6) is 0 Å². The average molecular weight is 540 g/mol. The summed E-state index contributed by atoms with van der Waals surface area (Å²) in [6, 6.07) is -0.735. The number of allylic oxidation sites excluding steroid dienone is 1. The van der Waals surface area contributed by atoms with Crippen molar-refractivity contribution in [2.45, 2.75) is 186 Å². The fraction of sp³-hybridized carbons (Fsp3) is 0.909. The Labute approximate surface area is 236 Å². The van der Waals surface area contributed by atoms with Crippen LogP contribution in [0.4, 0.5) is 0 Å². The van der Waals surface area contributed by atoms with Crippen LogP contribution in [-0.2, 0) is 4.79 Å². The molecule has 4 N–H and O–H groups in total. The van der Waals surface area contributed by atoms with Gasteiger partial charge in [0, 0.05) is 0 Å². The molecule has 3 atom stereocenters. The number of aliphatic hydroxyl groups excluding tert-OH is 3. The van der Waals surface area contributed by atoms with Crippen LogP contribution < -0.4 is 5.32 Å². The molecule has 0 rings (SSSR count). The van der Waals surface area contributed by atoms with E-state index in [1.165, 1.54) is 116 Å². The molecule has 0 aliphatic rings. The lowest BCUT2D eigenvalue weighted by Crippen LogP contribution is -2.45. The summed E-state index contributed by atoms with van der Waals surface area (Å²) in [5.74, 6) is -0.318. The van der Waals surface area contributed by atoms with Gasteiger partial charge in [0.2, 0.25) is 5.91 Å². The molecule has 3 unspecified atom stereocenters. The maximum absolute atomic E-state index is 12.3.